The molecule has 3 aliphatic rings. The molecule has 0 bridgehead atoms. The van der Waals surface area contributed by atoms with Gasteiger partial charge in [-0.15, -0.1) is 10.2 Å². The highest BCUT2D eigenvalue weighted by molar-refractivity contribution is 6.28. The van der Waals surface area contributed by atoms with Crippen LogP contribution < -0.4 is 0 Å². The van der Waals surface area contributed by atoms with Crippen LogP contribution in [0.4, 0.5) is 0 Å². The Balaban J connectivity index is 1.69. The lowest BCUT2D eigenvalue weighted by atomic mass is 10.1. The normalized spacial score (nSPS) is 33.2. The minimum atomic E-state index is 0.348. The van der Waals surface area contributed by atoms with Crippen molar-refractivity contribution in [2.75, 3.05) is 6.61 Å². The van der Waals surface area contributed by atoms with Gasteiger partial charge in [-0.2, -0.15) is 0 Å². The molecule has 4 nitrogen and oxygen atoms in total. The maximum Gasteiger partial charge on any atom is 0.225 e. The van der Waals surface area contributed by atoms with Gasteiger partial charge in [-0.05, 0) is 49.6 Å². The van der Waals surface area contributed by atoms with Crippen molar-refractivity contribution in [2.45, 2.75) is 50.2 Å². The fourth-order valence-corrected chi connectivity index (χ4v) is 3.21. The highest BCUT2D eigenvalue weighted by atomic mass is 35.5. The van der Waals surface area contributed by atoms with Gasteiger partial charge >= 0.3 is 0 Å². The SMILES string of the molecule is Clc1nnc(C2CC2)n1C1CCOC1C1CC1. The second kappa shape index (κ2) is 3.69. The predicted molar refractivity (Wildman–Crippen MR) is 63.1 cm³/mol. The van der Waals surface area contributed by atoms with E-state index in [4.69, 9.17) is 16.3 Å². The van der Waals surface area contributed by atoms with Crippen LogP contribution in [0.2, 0.25) is 5.28 Å². The van der Waals surface area contributed by atoms with Crippen LogP contribution in [0.5, 0.6) is 0 Å². The van der Waals surface area contributed by atoms with Gasteiger partial charge in [0.05, 0.1) is 12.1 Å². The summed E-state index contributed by atoms with van der Waals surface area (Å²) in [5, 5.41) is 8.87. The number of halogens is 1. The first kappa shape index (κ1) is 10.3. The second-order valence-electron chi connectivity index (χ2n) is 5.50. The van der Waals surface area contributed by atoms with Crippen LogP contribution in [0.3, 0.4) is 0 Å². The van der Waals surface area contributed by atoms with Crippen molar-refractivity contribution in [2.24, 2.45) is 5.92 Å². The summed E-state index contributed by atoms with van der Waals surface area (Å²) in [4.78, 5) is 0. The van der Waals surface area contributed by atoms with Crippen molar-refractivity contribution in [3.63, 3.8) is 0 Å². The minimum absolute atomic E-state index is 0.348. The van der Waals surface area contributed by atoms with E-state index in [1.54, 1.807) is 0 Å². The van der Waals surface area contributed by atoms with Crippen LogP contribution in [0.25, 0.3) is 0 Å². The molecule has 92 valence electrons. The molecule has 2 saturated carbocycles. The van der Waals surface area contributed by atoms with Crippen LogP contribution in [-0.4, -0.2) is 27.5 Å². The lowest BCUT2D eigenvalue weighted by Gasteiger charge is -2.21. The van der Waals surface area contributed by atoms with Crippen molar-refractivity contribution in [1.29, 1.82) is 0 Å². The zero-order valence-corrected chi connectivity index (χ0v) is 10.4. The summed E-state index contributed by atoms with van der Waals surface area (Å²) >= 11 is 6.22. The molecule has 17 heavy (non-hydrogen) atoms. The average molecular weight is 254 g/mol. The van der Waals surface area contributed by atoms with Crippen LogP contribution >= 0.6 is 11.6 Å². The van der Waals surface area contributed by atoms with E-state index >= 15 is 0 Å². The summed E-state index contributed by atoms with van der Waals surface area (Å²) in [5.41, 5.74) is 0. The number of aromatic nitrogens is 3. The van der Waals surface area contributed by atoms with Crippen LogP contribution in [0.15, 0.2) is 0 Å². The van der Waals surface area contributed by atoms with Crippen molar-refractivity contribution in [1.82, 2.24) is 14.8 Å². The summed E-state index contributed by atoms with van der Waals surface area (Å²) in [7, 11) is 0. The third-order valence-corrected chi connectivity index (χ3v) is 4.40. The zero-order chi connectivity index (χ0) is 11.4. The number of rotatable bonds is 3. The van der Waals surface area contributed by atoms with Crippen molar-refractivity contribution in [3.8, 4) is 0 Å². The molecule has 1 aromatic rings. The van der Waals surface area contributed by atoms with Gasteiger partial charge in [-0.1, -0.05) is 0 Å². The monoisotopic (exact) mass is 253 g/mol. The van der Waals surface area contributed by atoms with E-state index in [0.29, 0.717) is 23.3 Å². The Labute approximate surface area is 105 Å². The van der Waals surface area contributed by atoms with E-state index in [1.165, 1.54) is 25.7 Å². The van der Waals surface area contributed by atoms with E-state index in [9.17, 15) is 0 Å². The van der Waals surface area contributed by atoms with Crippen LogP contribution in [0.1, 0.15) is 49.9 Å². The number of nitrogens with zero attached hydrogens (tertiary/aromatic N) is 3. The molecule has 2 atom stereocenters. The highest BCUT2D eigenvalue weighted by Gasteiger charge is 2.44. The van der Waals surface area contributed by atoms with E-state index < -0.39 is 0 Å². The maximum atomic E-state index is 6.22. The smallest absolute Gasteiger partial charge is 0.225 e. The third-order valence-electron chi connectivity index (χ3n) is 4.14. The standard InChI is InChI=1S/C12H16ClN3O/c13-12-15-14-11(8-3-4-8)16(12)9-5-6-17-10(9)7-1-2-7/h7-10H,1-6H2. The van der Waals surface area contributed by atoms with Gasteiger partial charge in [0.15, 0.2) is 0 Å². The Bertz CT molecular complexity index is 439. The van der Waals surface area contributed by atoms with E-state index in [2.05, 4.69) is 14.8 Å². The molecular weight excluding hydrogens is 238 g/mol. The molecule has 1 aliphatic heterocycles. The van der Waals surface area contributed by atoms with E-state index in [1.807, 2.05) is 0 Å². The van der Waals surface area contributed by atoms with Gasteiger partial charge in [0.2, 0.25) is 5.28 Å². The predicted octanol–water partition coefficient (Wildman–Crippen LogP) is 2.55. The quantitative estimate of drug-likeness (QED) is 0.831. The minimum Gasteiger partial charge on any atom is -0.376 e. The van der Waals surface area contributed by atoms with Gasteiger partial charge < -0.3 is 4.74 Å². The lowest BCUT2D eigenvalue weighted by molar-refractivity contribution is 0.0745. The summed E-state index contributed by atoms with van der Waals surface area (Å²) in [6.45, 7) is 0.852. The van der Waals surface area contributed by atoms with Gasteiger partial charge in [0.1, 0.15) is 5.82 Å². The van der Waals surface area contributed by atoms with Crippen LogP contribution in [-0.2, 0) is 4.74 Å². The zero-order valence-electron chi connectivity index (χ0n) is 9.68. The number of ether oxygens (including phenoxy) is 1. The maximum absolute atomic E-state index is 6.22. The Hall–Kier alpha value is -0.610. The molecular formula is C12H16ClN3O. The summed E-state index contributed by atoms with van der Waals surface area (Å²) in [5.74, 6) is 2.43. The Kier molecular flexibility index (Phi) is 2.24. The first-order chi connectivity index (χ1) is 8.34. The second-order valence-corrected chi connectivity index (χ2v) is 5.84. The van der Waals surface area contributed by atoms with Gasteiger partial charge in [-0.25, -0.2) is 0 Å². The Morgan fingerprint density at radius 3 is 2.65 bits per heavy atom. The summed E-state index contributed by atoms with van der Waals surface area (Å²) in [6, 6.07) is 0.376. The van der Waals surface area contributed by atoms with Gasteiger partial charge in [0.25, 0.3) is 0 Å². The topological polar surface area (TPSA) is 39.9 Å². The van der Waals surface area contributed by atoms with Crippen molar-refractivity contribution >= 4 is 11.6 Å². The molecule has 1 saturated heterocycles. The van der Waals surface area contributed by atoms with Gasteiger partial charge in [-0.3, -0.25) is 4.57 Å². The number of hydrogen-bond donors (Lipinski definition) is 0. The fourth-order valence-electron chi connectivity index (χ4n) is 2.96. The molecule has 0 amide bonds. The largest absolute Gasteiger partial charge is 0.376 e. The molecule has 3 fully saturated rings. The first-order valence-corrected chi connectivity index (χ1v) is 6.94. The Morgan fingerprint density at radius 2 is 1.94 bits per heavy atom. The molecule has 2 unspecified atom stereocenters. The van der Waals surface area contributed by atoms with Crippen LogP contribution in [0, 0.1) is 5.92 Å². The van der Waals surface area contributed by atoms with E-state index in [0.717, 1.165) is 24.8 Å². The molecule has 0 spiro atoms. The summed E-state index contributed by atoms with van der Waals surface area (Å²) < 4.78 is 8.05. The highest BCUT2D eigenvalue weighted by Crippen LogP contribution is 2.47. The van der Waals surface area contributed by atoms with Crippen molar-refractivity contribution < 1.29 is 4.74 Å². The molecule has 0 radical (unpaired) electrons. The van der Waals surface area contributed by atoms with Crippen molar-refractivity contribution in [3.05, 3.63) is 11.1 Å². The first-order valence-electron chi connectivity index (χ1n) is 6.56. The molecule has 0 N–H and O–H groups in total. The molecule has 0 aromatic carbocycles. The Morgan fingerprint density at radius 1 is 1.12 bits per heavy atom. The molecule has 4 rings (SSSR count). The van der Waals surface area contributed by atoms with E-state index in [-0.39, 0.29) is 0 Å². The summed E-state index contributed by atoms with van der Waals surface area (Å²) in [6.07, 6.45) is 6.48. The lowest BCUT2D eigenvalue weighted by Crippen LogP contribution is -2.23. The molecule has 5 heteroatoms. The molecule has 1 aromatic heterocycles. The third kappa shape index (κ3) is 1.69. The number of hydrogen-bond acceptors (Lipinski definition) is 3. The average Bonchev–Trinajstić information content (AvgIpc) is 3.25. The molecule has 2 heterocycles. The fraction of sp³-hybridized carbons (Fsp3) is 0.833. The molecule has 2 aliphatic carbocycles. The van der Waals surface area contributed by atoms with Gasteiger partial charge in [0, 0.05) is 12.5 Å².